The van der Waals surface area contributed by atoms with Crippen molar-refractivity contribution in [2.24, 2.45) is 5.16 Å². The maximum absolute atomic E-state index is 12.9. The summed E-state index contributed by atoms with van der Waals surface area (Å²) in [6.45, 7) is 0. The lowest BCUT2D eigenvalue weighted by Gasteiger charge is -2.05. The number of aromatic nitrogens is 2. The van der Waals surface area contributed by atoms with Crippen LogP contribution in [-0.4, -0.2) is 22.8 Å². The maximum Gasteiger partial charge on any atom is 0.123 e. The van der Waals surface area contributed by atoms with Gasteiger partial charge in [0.15, 0.2) is 0 Å². The average Bonchev–Trinajstić information content (AvgIpc) is 2.40. The maximum atomic E-state index is 12.9. The van der Waals surface area contributed by atoms with Crippen LogP contribution in [0.4, 0.5) is 4.39 Å². The van der Waals surface area contributed by atoms with Gasteiger partial charge < -0.3 is 4.84 Å². The van der Waals surface area contributed by atoms with Crippen molar-refractivity contribution < 1.29 is 9.23 Å². The molecule has 1 aromatic carbocycles. The van der Waals surface area contributed by atoms with Gasteiger partial charge in [0, 0.05) is 25.0 Å². The lowest BCUT2D eigenvalue weighted by atomic mass is 10.1. The Labute approximate surface area is 104 Å². The van der Waals surface area contributed by atoms with E-state index in [0.717, 1.165) is 11.3 Å². The van der Waals surface area contributed by atoms with E-state index in [1.54, 1.807) is 30.7 Å². The van der Waals surface area contributed by atoms with Gasteiger partial charge in [-0.05, 0) is 17.7 Å². The minimum Gasteiger partial charge on any atom is -0.399 e. The van der Waals surface area contributed by atoms with E-state index in [2.05, 4.69) is 15.1 Å². The van der Waals surface area contributed by atoms with Crippen LogP contribution in [0.2, 0.25) is 0 Å². The molecule has 0 fully saturated rings. The number of hydrogen-bond acceptors (Lipinski definition) is 4. The van der Waals surface area contributed by atoms with E-state index in [0.29, 0.717) is 12.1 Å². The van der Waals surface area contributed by atoms with Crippen molar-refractivity contribution in [3.05, 3.63) is 59.9 Å². The number of hydrogen-bond donors (Lipinski definition) is 0. The third-order valence-corrected chi connectivity index (χ3v) is 2.34. The van der Waals surface area contributed by atoms with Crippen LogP contribution in [0.15, 0.2) is 48.0 Å². The summed E-state index contributed by atoms with van der Waals surface area (Å²) in [4.78, 5) is 13.0. The lowest BCUT2D eigenvalue weighted by molar-refractivity contribution is 0.213. The second kappa shape index (κ2) is 5.86. The average molecular weight is 245 g/mol. The Morgan fingerprint density at radius 3 is 2.67 bits per heavy atom. The molecule has 0 bridgehead atoms. The van der Waals surface area contributed by atoms with Crippen LogP contribution in [0.3, 0.4) is 0 Å². The molecule has 2 rings (SSSR count). The standard InChI is InChI=1S/C13H12FN3O/c1-18-17-13(8-12-9-15-6-7-16-12)10-2-4-11(14)5-3-10/h2-7,9H,8H2,1H3. The molecule has 1 heterocycles. The highest BCUT2D eigenvalue weighted by Gasteiger charge is 2.07. The number of oxime groups is 1. The Balaban J connectivity index is 2.24. The van der Waals surface area contributed by atoms with Gasteiger partial charge in [0.05, 0.1) is 11.4 Å². The Morgan fingerprint density at radius 1 is 1.28 bits per heavy atom. The molecule has 0 N–H and O–H groups in total. The van der Waals surface area contributed by atoms with Crippen molar-refractivity contribution in [3.8, 4) is 0 Å². The fourth-order valence-corrected chi connectivity index (χ4v) is 1.53. The summed E-state index contributed by atoms with van der Waals surface area (Å²) >= 11 is 0. The van der Waals surface area contributed by atoms with Crippen LogP contribution < -0.4 is 0 Å². The number of rotatable bonds is 4. The first-order valence-corrected chi connectivity index (χ1v) is 5.40. The van der Waals surface area contributed by atoms with E-state index < -0.39 is 0 Å². The molecule has 5 heteroatoms. The highest BCUT2D eigenvalue weighted by molar-refractivity contribution is 6.01. The summed E-state index contributed by atoms with van der Waals surface area (Å²) in [5.74, 6) is -0.282. The van der Waals surface area contributed by atoms with Crippen LogP contribution in [0, 0.1) is 5.82 Å². The Morgan fingerprint density at radius 2 is 2.06 bits per heavy atom. The molecule has 0 aliphatic heterocycles. The highest BCUT2D eigenvalue weighted by atomic mass is 19.1. The smallest absolute Gasteiger partial charge is 0.123 e. The molecule has 0 saturated carbocycles. The third kappa shape index (κ3) is 3.10. The molecule has 0 spiro atoms. The monoisotopic (exact) mass is 245 g/mol. The van der Waals surface area contributed by atoms with Crippen molar-refractivity contribution in [1.29, 1.82) is 0 Å². The summed E-state index contributed by atoms with van der Waals surface area (Å²) in [7, 11) is 1.47. The molecule has 0 radical (unpaired) electrons. The number of nitrogens with zero attached hydrogens (tertiary/aromatic N) is 3. The van der Waals surface area contributed by atoms with Gasteiger partial charge >= 0.3 is 0 Å². The van der Waals surface area contributed by atoms with E-state index in [-0.39, 0.29) is 5.82 Å². The molecular weight excluding hydrogens is 233 g/mol. The van der Waals surface area contributed by atoms with Crippen molar-refractivity contribution in [2.45, 2.75) is 6.42 Å². The van der Waals surface area contributed by atoms with Crippen LogP contribution in [0.5, 0.6) is 0 Å². The van der Waals surface area contributed by atoms with E-state index in [4.69, 9.17) is 4.84 Å². The Bertz CT molecular complexity index is 526. The fourth-order valence-electron chi connectivity index (χ4n) is 1.53. The molecule has 4 nitrogen and oxygen atoms in total. The number of benzene rings is 1. The molecule has 0 unspecified atom stereocenters. The van der Waals surface area contributed by atoms with Gasteiger partial charge in [-0.1, -0.05) is 17.3 Å². The second-order valence-electron chi connectivity index (χ2n) is 3.60. The van der Waals surface area contributed by atoms with E-state index in [1.165, 1.54) is 19.2 Å². The zero-order chi connectivity index (χ0) is 12.8. The first kappa shape index (κ1) is 12.2. The molecule has 1 aromatic heterocycles. The van der Waals surface area contributed by atoms with Crippen molar-refractivity contribution in [1.82, 2.24) is 9.97 Å². The quantitative estimate of drug-likeness (QED) is 0.613. The lowest BCUT2D eigenvalue weighted by Crippen LogP contribution is -2.07. The summed E-state index contributed by atoms with van der Waals surface area (Å²) in [6.07, 6.45) is 5.36. The molecule has 0 atom stereocenters. The van der Waals surface area contributed by atoms with Gasteiger partial charge in [-0.3, -0.25) is 9.97 Å². The predicted octanol–water partition coefficient (Wildman–Crippen LogP) is 2.21. The SMILES string of the molecule is CON=C(Cc1cnccn1)c1ccc(F)cc1. The largest absolute Gasteiger partial charge is 0.399 e. The molecule has 0 saturated heterocycles. The van der Waals surface area contributed by atoms with Crippen molar-refractivity contribution >= 4 is 5.71 Å². The van der Waals surface area contributed by atoms with Gasteiger partial charge in [-0.25, -0.2) is 4.39 Å². The molecule has 92 valence electrons. The zero-order valence-corrected chi connectivity index (χ0v) is 9.88. The Hall–Kier alpha value is -2.30. The number of halogens is 1. The first-order chi connectivity index (χ1) is 8.79. The highest BCUT2D eigenvalue weighted by Crippen LogP contribution is 2.08. The second-order valence-corrected chi connectivity index (χ2v) is 3.60. The molecule has 0 aliphatic carbocycles. The summed E-state index contributed by atoms with van der Waals surface area (Å²) < 4.78 is 12.9. The van der Waals surface area contributed by atoms with E-state index in [9.17, 15) is 4.39 Å². The summed E-state index contributed by atoms with van der Waals surface area (Å²) in [5.41, 5.74) is 2.25. The van der Waals surface area contributed by atoms with Crippen LogP contribution in [-0.2, 0) is 11.3 Å². The zero-order valence-electron chi connectivity index (χ0n) is 9.88. The molecule has 0 amide bonds. The van der Waals surface area contributed by atoms with Crippen molar-refractivity contribution in [2.75, 3.05) is 7.11 Å². The summed E-state index contributed by atoms with van der Waals surface area (Å²) in [6, 6.07) is 6.08. The molecule has 0 aliphatic rings. The van der Waals surface area contributed by atoms with E-state index >= 15 is 0 Å². The van der Waals surface area contributed by atoms with Gasteiger partial charge in [0.1, 0.15) is 12.9 Å². The molecular formula is C13H12FN3O. The van der Waals surface area contributed by atoms with Gasteiger partial charge in [-0.2, -0.15) is 0 Å². The van der Waals surface area contributed by atoms with Gasteiger partial charge in [0.25, 0.3) is 0 Å². The first-order valence-electron chi connectivity index (χ1n) is 5.40. The summed E-state index contributed by atoms with van der Waals surface area (Å²) in [5, 5.41) is 3.95. The molecule has 2 aromatic rings. The fraction of sp³-hybridized carbons (Fsp3) is 0.154. The van der Waals surface area contributed by atoms with Gasteiger partial charge in [0.2, 0.25) is 0 Å². The van der Waals surface area contributed by atoms with Crippen molar-refractivity contribution in [3.63, 3.8) is 0 Å². The van der Waals surface area contributed by atoms with Crippen LogP contribution >= 0.6 is 0 Å². The van der Waals surface area contributed by atoms with E-state index in [1.807, 2.05) is 0 Å². The predicted molar refractivity (Wildman–Crippen MR) is 65.7 cm³/mol. The van der Waals surface area contributed by atoms with Gasteiger partial charge in [-0.15, -0.1) is 0 Å². The Kier molecular flexibility index (Phi) is 3.96. The third-order valence-electron chi connectivity index (χ3n) is 2.34. The minimum absolute atomic E-state index is 0.282. The molecule has 18 heavy (non-hydrogen) atoms. The normalized spacial score (nSPS) is 11.3. The topological polar surface area (TPSA) is 47.4 Å². The van der Waals surface area contributed by atoms with Crippen LogP contribution in [0.1, 0.15) is 11.3 Å². The minimum atomic E-state index is -0.282. The van der Waals surface area contributed by atoms with Crippen LogP contribution in [0.25, 0.3) is 0 Å².